The van der Waals surface area contributed by atoms with E-state index in [4.69, 9.17) is 27.9 Å². The van der Waals surface area contributed by atoms with Gasteiger partial charge in [-0.15, -0.1) is 0 Å². The standard InChI is InChI=1S/C20H21Cl2N3O3/c1-12(2)18(24-19(26)13-4-6-15(21)7-5-13)20(27)25-23-11-14-10-16(22)8-9-17(14)28-3/h4-12,18H,1-3H3,(H,24,26)(H,25,27). The molecule has 2 aromatic carbocycles. The van der Waals surface area contributed by atoms with E-state index in [1.54, 1.807) is 42.5 Å². The quantitative estimate of drug-likeness (QED) is 0.525. The van der Waals surface area contributed by atoms with Gasteiger partial charge in [0, 0.05) is 21.2 Å². The van der Waals surface area contributed by atoms with Crippen LogP contribution in [0, 0.1) is 5.92 Å². The normalized spacial score (nSPS) is 12.1. The van der Waals surface area contributed by atoms with E-state index in [0.717, 1.165) is 0 Å². The Morgan fingerprint density at radius 3 is 2.32 bits per heavy atom. The van der Waals surface area contributed by atoms with Crippen LogP contribution >= 0.6 is 23.2 Å². The highest BCUT2D eigenvalue weighted by Gasteiger charge is 2.24. The van der Waals surface area contributed by atoms with Gasteiger partial charge in [0.05, 0.1) is 13.3 Å². The van der Waals surface area contributed by atoms with Gasteiger partial charge in [-0.25, -0.2) is 5.43 Å². The van der Waals surface area contributed by atoms with Crippen molar-refractivity contribution in [3.05, 3.63) is 63.6 Å². The maximum Gasteiger partial charge on any atom is 0.262 e. The number of hydrazone groups is 1. The van der Waals surface area contributed by atoms with Crippen LogP contribution < -0.4 is 15.5 Å². The summed E-state index contributed by atoms with van der Waals surface area (Å²) in [6.45, 7) is 3.66. The second-order valence-corrected chi connectivity index (χ2v) is 7.20. The van der Waals surface area contributed by atoms with Crippen LogP contribution in [0.25, 0.3) is 0 Å². The van der Waals surface area contributed by atoms with E-state index >= 15 is 0 Å². The molecule has 2 rings (SSSR count). The van der Waals surface area contributed by atoms with E-state index in [-0.39, 0.29) is 11.8 Å². The van der Waals surface area contributed by atoms with Crippen LogP contribution in [-0.4, -0.2) is 31.2 Å². The zero-order valence-electron chi connectivity index (χ0n) is 15.7. The van der Waals surface area contributed by atoms with Gasteiger partial charge >= 0.3 is 0 Å². The van der Waals surface area contributed by atoms with Crippen LogP contribution in [0.3, 0.4) is 0 Å². The molecule has 2 N–H and O–H groups in total. The lowest BCUT2D eigenvalue weighted by Crippen LogP contribution is -2.48. The Hall–Kier alpha value is -2.57. The molecule has 0 aliphatic carbocycles. The molecular formula is C20H21Cl2N3O3. The highest BCUT2D eigenvalue weighted by atomic mass is 35.5. The second kappa shape index (κ2) is 10.1. The second-order valence-electron chi connectivity index (χ2n) is 6.32. The lowest BCUT2D eigenvalue weighted by Gasteiger charge is -2.20. The topological polar surface area (TPSA) is 79.8 Å². The third-order valence-corrected chi connectivity index (χ3v) is 4.40. The van der Waals surface area contributed by atoms with Crippen molar-refractivity contribution in [2.45, 2.75) is 19.9 Å². The molecule has 0 radical (unpaired) electrons. The first-order chi connectivity index (χ1) is 13.3. The molecule has 148 valence electrons. The van der Waals surface area contributed by atoms with Gasteiger partial charge in [-0.3, -0.25) is 9.59 Å². The van der Waals surface area contributed by atoms with E-state index in [1.807, 2.05) is 13.8 Å². The van der Waals surface area contributed by atoms with E-state index in [0.29, 0.717) is 26.9 Å². The third kappa shape index (κ3) is 5.97. The molecule has 0 saturated carbocycles. The first-order valence-electron chi connectivity index (χ1n) is 8.54. The van der Waals surface area contributed by atoms with Gasteiger partial charge in [0.15, 0.2) is 0 Å². The van der Waals surface area contributed by atoms with Crippen molar-refractivity contribution in [3.8, 4) is 5.75 Å². The van der Waals surface area contributed by atoms with E-state index in [9.17, 15) is 9.59 Å². The summed E-state index contributed by atoms with van der Waals surface area (Å²) in [4.78, 5) is 24.9. The van der Waals surface area contributed by atoms with Crippen molar-refractivity contribution in [2.24, 2.45) is 11.0 Å². The van der Waals surface area contributed by atoms with Gasteiger partial charge in [0.25, 0.3) is 11.8 Å². The number of nitrogens with zero attached hydrogens (tertiary/aromatic N) is 1. The van der Waals surface area contributed by atoms with Crippen molar-refractivity contribution in [1.82, 2.24) is 10.7 Å². The molecule has 0 aliphatic rings. The Morgan fingerprint density at radius 1 is 1.07 bits per heavy atom. The van der Waals surface area contributed by atoms with Gasteiger partial charge in [-0.1, -0.05) is 37.0 Å². The summed E-state index contributed by atoms with van der Waals surface area (Å²) in [7, 11) is 1.53. The largest absolute Gasteiger partial charge is 0.496 e. The fourth-order valence-corrected chi connectivity index (χ4v) is 2.71. The average molecular weight is 422 g/mol. The molecule has 6 nitrogen and oxygen atoms in total. The molecule has 1 atom stereocenters. The smallest absolute Gasteiger partial charge is 0.262 e. The molecule has 0 saturated heterocycles. The number of nitrogens with one attached hydrogen (secondary N) is 2. The predicted octanol–water partition coefficient (Wildman–Crippen LogP) is 3.91. The minimum atomic E-state index is -0.762. The molecule has 2 aromatic rings. The average Bonchev–Trinajstić information content (AvgIpc) is 2.66. The predicted molar refractivity (Wildman–Crippen MR) is 111 cm³/mol. The van der Waals surface area contributed by atoms with Crippen LogP contribution in [0.4, 0.5) is 0 Å². The van der Waals surface area contributed by atoms with Crippen LogP contribution in [-0.2, 0) is 4.79 Å². The number of carbonyl (C=O) groups excluding carboxylic acids is 2. The lowest BCUT2D eigenvalue weighted by atomic mass is 10.0. The maximum atomic E-state index is 12.5. The van der Waals surface area contributed by atoms with Crippen molar-refractivity contribution in [1.29, 1.82) is 0 Å². The number of hydrogen-bond donors (Lipinski definition) is 2. The first kappa shape index (κ1) is 21.7. The Labute approximate surface area is 173 Å². The SMILES string of the molecule is COc1ccc(Cl)cc1C=NNC(=O)C(NC(=O)c1ccc(Cl)cc1)C(C)C. The van der Waals surface area contributed by atoms with Gasteiger partial charge in [0.1, 0.15) is 11.8 Å². The Kier molecular flexibility index (Phi) is 7.84. The molecule has 0 aromatic heterocycles. The number of halogens is 2. The first-order valence-corrected chi connectivity index (χ1v) is 9.30. The molecule has 0 spiro atoms. The Bertz CT molecular complexity index is 867. The molecule has 0 aliphatic heterocycles. The minimum Gasteiger partial charge on any atom is -0.496 e. The van der Waals surface area contributed by atoms with Crippen LogP contribution in [0.1, 0.15) is 29.8 Å². The molecule has 0 heterocycles. The van der Waals surface area contributed by atoms with Crippen molar-refractivity contribution >= 4 is 41.2 Å². The fourth-order valence-electron chi connectivity index (χ4n) is 2.40. The van der Waals surface area contributed by atoms with Gasteiger partial charge in [-0.2, -0.15) is 5.10 Å². The van der Waals surface area contributed by atoms with Crippen molar-refractivity contribution in [2.75, 3.05) is 7.11 Å². The van der Waals surface area contributed by atoms with E-state index in [2.05, 4.69) is 15.8 Å². The zero-order chi connectivity index (χ0) is 20.7. The van der Waals surface area contributed by atoms with Gasteiger partial charge in [-0.05, 0) is 48.4 Å². The highest BCUT2D eigenvalue weighted by molar-refractivity contribution is 6.31. The van der Waals surface area contributed by atoms with Crippen LogP contribution in [0.15, 0.2) is 47.6 Å². The maximum absolute atomic E-state index is 12.5. The van der Waals surface area contributed by atoms with Crippen LogP contribution in [0.2, 0.25) is 10.0 Å². The number of benzene rings is 2. The number of methoxy groups -OCH3 is 1. The van der Waals surface area contributed by atoms with Crippen molar-refractivity contribution < 1.29 is 14.3 Å². The summed E-state index contributed by atoms with van der Waals surface area (Å²) < 4.78 is 5.22. The van der Waals surface area contributed by atoms with E-state index < -0.39 is 11.9 Å². The number of ether oxygens (including phenoxy) is 1. The molecular weight excluding hydrogens is 401 g/mol. The summed E-state index contributed by atoms with van der Waals surface area (Å²) in [5.74, 6) is -0.383. The zero-order valence-corrected chi connectivity index (χ0v) is 17.2. The summed E-state index contributed by atoms with van der Waals surface area (Å²) in [6, 6.07) is 10.7. The Balaban J connectivity index is 2.06. The van der Waals surface area contributed by atoms with Crippen LogP contribution in [0.5, 0.6) is 5.75 Å². The molecule has 2 amide bonds. The molecule has 1 unspecified atom stereocenters. The molecule has 8 heteroatoms. The number of rotatable bonds is 7. The fraction of sp³-hybridized carbons (Fsp3) is 0.250. The van der Waals surface area contributed by atoms with E-state index in [1.165, 1.54) is 13.3 Å². The molecule has 0 fully saturated rings. The Morgan fingerprint density at radius 2 is 1.71 bits per heavy atom. The summed E-state index contributed by atoms with van der Waals surface area (Å²) >= 11 is 11.8. The lowest BCUT2D eigenvalue weighted by molar-refractivity contribution is -0.123. The molecule has 28 heavy (non-hydrogen) atoms. The monoisotopic (exact) mass is 421 g/mol. The third-order valence-electron chi connectivity index (χ3n) is 3.91. The van der Waals surface area contributed by atoms with Gasteiger partial charge in [0.2, 0.25) is 0 Å². The highest BCUT2D eigenvalue weighted by Crippen LogP contribution is 2.20. The number of amides is 2. The van der Waals surface area contributed by atoms with Gasteiger partial charge < -0.3 is 10.1 Å². The number of carbonyl (C=O) groups is 2. The van der Waals surface area contributed by atoms with Crippen molar-refractivity contribution in [3.63, 3.8) is 0 Å². The summed E-state index contributed by atoms with van der Waals surface area (Å²) in [5.41, 5.74) is 3.47. The summed E-state index contributed by atoms with van der Waals surface area (Å²) in [5, 5.41) is 7.72. The summed E-state index contributed by atoms with van der Waals surface area (Å²) in [6.07, 6.45) is 1.43. The molecule has 0 bridgehead atoms. The number of hydrogen-bond acceptors (Lipinski definition) is 4. The minimum absolute atomic E-state index is 0.146.